The fourth-order valence-electron chi connectivity index (χ4n) is 2.47. The van der Waals surface area contributed by atoms with Gasteiger partial charge in [0.2, 0.25) is 0 Å². The number of benzene rings is 1. The lowest BCUT2D eigenvalue weighted by Gasteiger charge is -2.20. The highest BCUT2D eigenvalue weighted by Crippen LogP contribution is 2.35. The molecule has 1 aromatic heterocycles. The first-order valence-corrected chi connectivity index (χ1v) is 7.20. The number of hydrogen-bond donors (Lipinski definition) is 1. The van der Waals surface area contributed by atoms with Crippen molar-refractivity contribution in [3.05, 3.63) is 40.7 Å². The Labute approximate surface area is 115 Å². The number of hydrogen-bond acceptors (Lipinski definition) is 3. The number of rotatable bonds is 2. The van der Waals surface area contributed by atoms with Gasteiger partial charge in [-0.25, -0.2) is 9.78 Å². The molecule has 1 fully saturated rings. The summed E-state index contributed by atoms with van der Waals surface area (Å²) in [4.78, 5) is 17.8. The quantitative estimate of drug-likeness (QED) is 0.914. The molecule has 19 heavy (non-hydrogen) atoms. The largest absolute Gasteiger partial charge is 0.351 e. The molecule has 1 aliphatic rings. The minimum absolute atomic E-state index is 0.0555. The monoisotopic (exact) mass is 273 g/mol. The van der Waals surface area contributed by atoms with Gasteiger partial charge in [0.1, 0.15) is 5.01 Å². The van der Waals surface area contributed by atoms with Crippen LogP contribution in [0.15, 0.2) is 35.7 Å². The molecule has 0 aliphatic carbocycles. The van der Waals surface area contributed by atoms with Crippen molar-refractivity contribution in [3.63, 3.8) is 0 Å². The zero-order valence-electron chi connectivity index (χ0n) is 10.5. The fourth-order valence-corrected chi connectivity index (χ4v) is 3.44. The number of urea groups is 1. The van der Waals surface area contributed by atoms with Gasteiger partial charge in [-0.15, -0.1) is 11.3 Å². The zero-order chi connectivity index (χ0) is 13.2. The molecule has 2 heterocycles. The van der Waals surface area contributed by atoms with E-state index < -0.39 is 0 Å². The van der Waals surface area contributed by atoms with Crippen LogP contribution in [0.5, 0.6) is 0 Å². The molecule has 1 saturated heterocycles. The normalized spacial score (nSPS) is 18.7. The van der Waals surface area contributed by atoms with E-state index in [0.29, 0.717) is 0 Å². The van der Waals surface area contributed by atoms with Crippen LogP contribution in [-0.4, -0.2) is 22.5 Å². The van der Waals surface area contributed by atoms with Crippen LogP contribution < -0.4 is 5.73 Å². The van der Waals surface area contributed by atoms with Crippen LogP contribution in [0.4, 0.5) is 4.79 Å². The molecule has 5 heteroatoms. The van der Waals surface area contributed by atoms with Gasteiger partial charge in [-0.3, -0.25) is 0 Å². The van der Waals surface area contributed by atoms with E-state index >= 15 is 0 Å². The first-order valence-electron chi connectivity index (χ1n) is 6.32. The third kappa shape index (κ3) is 2.33. The molecule has 0 radical (unpaired) electrons. The van der Waals surface area contributed by atoms with Crippen LogP contribution in [0.1, 0.15) is 23.9 Å². The average molecular weight is 273 g/mol. The molecule has 2 aromatic rings. The predicted molar refractivity (Wildman–Crippen MR) is 75.8 cm³/mol. The van der Waals surface area contributed by atoms with Gasteiger partial charge in [0.05, 0.1) is 11.7 Å². The summed E-state index contributed by atoms with van der Waals surface area (Å²) in [5.41, 5.74) is 7.48. The summed E-state index contributed by atoms with van der Waals surface area (Å²) < 4.78 is 0. The number of carbonyl (C=O) groups is 1. The summed E-state index contributed by atoms with van der Waals surface area (Å²) in [6.07, 6.45) is 1.94. The summed E-state index contributed by atoms with van der Waals surface area (Å²) >= 11 is 1.60. The molecular formula is C14H15N3OS. The van der Waals surface area contributed by atoms with Crippen LogP contribution in [0, 0.1) is 0 Å². The lowest BCUT2D eigenvalue weighted by atomic mass is 10.2. The van der Waals surface area contributed by atoms with E-state index in [1.54, 1.807) is 16.2 Å². The Balaban J connectivity index is 1.87. The van der Waals surface area contributed by atoms with E-state index in [4.69, 9.17) is 5.73 Å². The lowest BCUT2D eigenvalue weighted by Crippen LogP contribution is -2.35. The van der Waals surface area contributed by atoms with Crippen molar-refractivity contribution < 1.29 is 4.79 Å². The van der Waals surface area contributed by atoms with Crippen molar-refractivity contribution in [3.8, 4) is 11.3 Å². The molecule has 0 bridgehead atoms. The number of likely N-dealkylation sites (tertiary alicyclic amines) is 1. The Hall–Kier alpha value is -1.88. The second-order valence-electron chi connectivity index (χ2n) is 4.63. The Bertz CT molecular complexity index is 581. The number of carbonyl (C=O) groups excluding carboxylic acids is 1. The third-order valence-corrected chi connectivity index (χ3v) is 4.36. The number of amides is 2. The highest BCUT2D eigenvalue weighted by atomic mass is 32.1. The molecule has 0 saturated carbocycles. The molecule has 1 aliphatic heterocycles. The summed E-state index contributed by atoms with van der Waals surface area (Å²) in [5.74, 6) is 0. The molecule has 4 nitrogen and oxygen atoms in total. The minimum atomic E-state index is -0.348. The number of thiazole rings is 1. The van der Waals surface area contributed by atoms with Gasteiger partial charge >= 0.3 is 6.03 Å². The van der Waals surface area contributed by atoms with Crippen molar-refractivity contribution in [2.24, 2.45) is 5.73 Å². The predicted octanol–water partition coefficient (Wildman–Crippen LogP) is 3.03. The number of aromatic nitrogens is 1. The average Bonchev–Trinajstić information content (AvgIpc) is 3.08. The van der Waals surface area contributed by atoms with E-state index in [1.165, 1.54) is 0 Å². The van der Waals surface area contributed by atoms with Gasteiger partial charge in [0.25, 0.3) is 0 Å². The number of nitrogens with two attached hydrogens (primary N) is 1. The van der Waals surface area contributed by atoms with Crippen molar-refractivity contribution in [2.45, 2.75) is 18.9 Å². The number of nitrogens with zero attached hydrogens (tertiary/aromatic N) is 2. The van der Waals surface area contributed by atoms with E-state index in [1.807, 2.05) is 35.7 Å². The Kier molecular flexibility index (Phi) is 3.21. The van der Waals surface area contributed by atoms with Gasteiger partial charge in [-0.05, 0) is 12.8 Å². The highest BCUT2D eigenvalue weighted by Gasteiger charge is 2.30. The maximum Gasteiger partial charge on any atom is 0.315 e. The third-order valence-electron chi connectivity index (χ3n) is 3.41. The molecule has 2 N–H and O–H groups in total. The van der Waals surface area contributed by atoms with Crippen molar-refractivity contribution in [1.82, 2.24) is 9.88 Å². The van der Waals surface area contributed by atoms with Crippen LogP contribution in [-0.2, 0) is 0 Å². The molecular weight excluding hydrogens is 258 g/mol. The smallest absolute Gasteiger partial charge is 0.315 e. The van der Waals surface area contributed by atoms with Crippen LogP contribution in [0.3, 0.4) is 0 Å². The first kappa shape index (κ1) is 12.2. The van der Waals surface area contributed by atoms with Crippen molar-refractivity contribution >= 4 is 17.4 Å². The van der Waals surface area contributed by atoms with Gasteiger partial charge in [-0.1, -0.05) is 30.3 Å². The summed E-state index contributed by atoms with van der Waals surface area (Å²) in [7, 11) is 0. The second-order valence-corrected chi connectivity index (χ2v) is 5.52. The molecule has 0 spiro atoms. The molecule has 1 aromatic carbocycles. The molecule has 2 amide bonds. The summed E-state index contributed by atoms with van der Waals surface area (Å²) in [5, 5.41) is 3.03. The van der Waals surface area contributed by atoms with Crippen molar-refractivity contribution in [2.75, 3.05) is 6.54 Å². The summed E-state index contributed by atoms with van der Waals surface area (Å²) in [6.45, 7) is 0.736. The SMILES string of the molecule is NC(=O)N1CCCC1c1nc(-c2ccccc2)cs1. The van der Waals surface area contributed by atoms with Gasteiger partial charge in [0, 0.05) is 17.5 Å². The van der Waals surface area contributed by atoms with E-state index in [2.05, 4.69) is 4.98 Å². The highest BCUT2D eigenvalue weighted by molar-refractivity contribution is 7.10. The number of primary amides is 1. The van der Waals surface area contributed by atoms with Crippen LogP contribution in [0.2, 0.25) is 0 Å². The zero-order valence-corrected chi connectivity index (χ0v) is 11.3. The van der Waals surface area contributed by atoms with Gasteiger partial charge < -0.3 is 10.6 Å². The van der Waals surface area contributed by atoms with Gasteiger partial charge in [0.15, 0.2) is 0 Å². The van der Waals surface area contributed by atoms with Crippen LogP contribution >= 0.6 is 11.3 Å². The maximum absolute atomic E-state index is 11.4. The van der Waals surface area contributed by atoms with E-state index in [9.17, 15) is 4.79 Å². The lowest BCUT2D eigenvalue weighted by molar-refractivity contribution is 0.203. The Morgan fingerprint density at radius 2 is 2.16 bits per heavy atom. The molecule has 98 valence electrons. The molecule has 3 rings (SSSR count). The Morgan fingerprint density at radius 1 is 1.37 bits per heavy atom. The molecule has 1 atom stereocenters. The van der Waals surface area contributed by atoms with E-state index in [0.717, 1.165) is 35.7 Å². The van der Waals surface area contributed by atoms with E-state index in [-0.39, 0.29) is 12.1 Å². The Morgan fingerprint density at radius 3 is 2.89 bits per heavy atom. The van der Waals surface area contributed by atoms with Gasteiger partial charge in [-0.2, -0.15) is 0 Å². The maximum atomic E-state index is 11.4. The first-order chi connectivity index (χ1) is 9.25. The van der Waals surface area contributed by atoms with Crippen molar-refractivity contribution in [1.29, 1.82) is 0 Å². The standard InChI is InChI=1S/C14H15N3OS/c15-14(18)17-8-4-7-12(17)13-16-11(9-19-13)10-5-2-1-3-6-10/h1-3,5-6,9,12H,4,7-8H2,(H2,15,18). The fraction of sp³-hybridized carbons (Fsp3) is 0.286. The second kappa shape index (κ2) is 5.01. The molecule has 1 unspecified atom stereocenters. The van der Waals surface area contributed by atoms with Crippen LogP contribution in [0.25, 0.3) is 11.3 Å². The minimum Gasteiger partial charge on any atom is -0.351 e. The topological polar surface area (TPSA) is 59.2 Å². The summed E-state index contributed by atoms with van der Waals surface area (Å²) in [6, 6.07) is 9.78.